The molecule has 4 aromatic rings. The van der Waals surface area contributed by atoms with Crippen LogP contribution in [-0.4, -0.2) is 5.91 Å². The monoisotopic (exact) mass is 455 g/mol. The molecule has 0 aliphatic carbocycles. The molecular weight excluding hydrogens is 435 g/mol. The lowest BCUT2D eigenvalue weighted by Gasteiger charge is -2.18. The number of alkyl halides is 3. The number of anilines is 1. The summed E-state index contributed by atoms with van der Waals surface area (Å²) in [4.78, 5) is 15.6. The van der Waals surface area contributed by atoms with Crippen LogP contribution in [0.25, 0.3) is 11.1 Å². The standard InChI is InChI=1S/C29H20F3NO/c30-29(31,32)23-17-15-22(16-18-23)26(21-11-5-2-6-12-21)27-24-13-7-8-14-25(24)33(28(27)34)19-20-9-3-1-4-10-20/h1-18H,19H2/b27-26-. The number of para-hydroxylation sites is 1. The first-order valence-corrected chi connectivity index (χ1v) is 10.9. The fourth-order valence-corrected chi connectivity index (χ4v) is 4.33. The summed E-state index contributed by atoms with van der Waals surface area (Å²) in [7, 11) is 0. The number of carbonyl (C=O) groups excluding carboxylic acids is 1. The quantitative estimate of drug-likeness (QED) is 0.298. The van der Waals surface area contributed by atoms with Crippen LogP contribution in [0, 0.1) is 0 Å². The molecule has 1 aliphatic heterocycles. The van der Waals surface area contributed by atoms with Crippen LogP contribution in [0.4, 0.5) is 18.9 Å². The molecule has 4 aromatic carbocycles. The summed E-state index contributed by atoms with van der Waals surface area (Å²) < 4.78 is 39.6. The number of hydrogen-bond acceptors (Lipinski definition) is 1. The number of fused-ring (bicyclic) bond motifs is 1. The Bertz CT molecular complexity index is 1360. The largest absolute Gasteiger partial charge is 0.416 e. The van der Waals surface area contributed by atoms with Crippen LogP contribution in [0.3, 0.4) is 0 Å². The Kier molecular flexibility index (Phi) is 5.54. The van der Waals surface area contributed by atoms with Gasteiger partial charge in [-0.15, -0.1) is 0 Å². The summed E-state index contributed by atoms with van der Waals surface area (Å²) in [5.74, 6) is -0.177. The number of rotatable bonds is 4. The van der Waals surface area contributed by atoms with Gasteiger partial charge in [0.05, 0.1) is 23.4 Å². The van der Waals surface area contributed by atoms with Gasteiger partial charge in [-0.3, -0.25) is 4.79 Å². The first-order chi connectivity index (χ1) is 16.4. The fraction of sp³-hybridized carbons (Fsp3) is 0.0690. The lowest BCUT2D eigenvalue weighted by atomic mass is 9.89. The van der Waals surface area contributed by atoms with E-state index in [2.05, 4.69) is 0 Å². The minimum Gasteiger partial charge on any atom is -0.303 e. The van der Waals surface area contributed by atoms with Gasteiger partial charge in [0.25, 0.3) is 5.91 Å². The van der Waals surface area contributed by atoms with Crippen molar-refractivity contribution in [1.82, 2.24) is 0 Å². The van der Waals surface area contributed by atoms with Crippen molar-refractivity contribution >= 4 is 22.7 Å². The Labute approximate surface area is 195 Å². The highest BCUT2D eigenvalue weighted by Gasteiger charge is 2.35. The average molecular weight is 455 g/mol. The zero-order chi connectivity index (χ0) is 23.7. The summed E-state index contributed by atoms with van der Waals surface area (Å²) in [5.41, 5.74) is 4.23. The van der Waals surface area contributed by atoms with Gasteiger partial charge < -0.3 is 4.90 Å². The summed E-state index contributed by atoms with van der Waals surface area (Å²) >= 11 is 0. The van der Waals surface area contributed by atoms with Crippen molar-refractivity contribution in [2.75, 3.05) is 4.90 Å². The van der Waals surface area contributed by atoms with Gasteiger partial charge >= 0.3 is 6.18 Å². The molecule has 0 unspecified atom stereocenters. The summed E-state index contributed by atoms with van der Waals surface area (Å²) in [6.45, 7) is 0.398. The van der Waals surface area contributed by atoms with E-state index in [9.17, 15) is 18.0 Å². The average Bonchev–Trinajstić information content (AvgIpc) is 3.12. The molecule has 0 aromatic heterocycles. The second-order valence-electron chi connectivity index (χ2n) is 8.09. The number of hydrogen-bond donors (Lipinski definition) is 0. The summed E-state index contributed by atoms with van der Waals surface area (Å²) in [6, 6.07) is 31.6. The Morgan fingerprint density at radius 2 is 1.24 bits per heavy atom. The molecule has 1 amide bonds. The van der Waals surface area contributed by atoms with Gasteiger partial charge in [0, 0.05) is 11.1 Å². The Morgan fingerprint density at radius 3 is 1.88 bits per heavy atom. The molecule has 0 atom stereocenters. The van der Waals surface area contributed by atoms with E-state index >= 15 is 0 Å². The molecule has 0 spiro atoms. The lowest BCUT2D eigenvalue weighted by molar-refractivity contribution is -0.137. The zero-order valence-electron chi connectivity index (χ0n) is 18.1. The summed E-state index contributed by atoms with van der Waals surface area (Å²) in [5, 5.41) is 0. The number of nitrogens with zero attached hydrogens (tertiary/aromatic N) is 1. The van der Waals surface area contributed by atoms with E-state index in [-0.39, 0.29) is 5.91 Å². The fourth-order valence-electron chi connectivity index (χ4n) is 4.33. The molecule has 34 heavy (non-hydrogen) atoms. The molecule has 168 valence electrons. The first-order valence-electron chi connectivity index (χ1n) is 10.9. The maximum absolute atomic E-state index is 13.9. The van der Waals surface area contributed by atoms with Gasteiger partial charge in [0.1, 0.15) is 0 Å². The predicted octanol–water partition coefficient (Wildman–Crippen LogP) is 7.21. The second-order valence-corrected chi connectivity index (χ2v) is 8.09. The molecule has 0 saturated carbocycles. The lowest BCUT2D eigenvalue weighted by Crippen LogP contribution is -2.26. The molecule has 5 heteroatoms. The van der Waals surface area contributed by atoms with Crippen LogP contribution in [0.15, 0.2) is 109 Å². The maximum atomic E-state index is 13.9. The highest BCUT2D eigenvalue weighted by Crippen LogP contribution is 2.44. The van der Waals surface area contributed by atoms with Gasteiger partial charge in [-0.1, -0.05) is 91.0 Å². The number of amides is 1. The number of carbonyl (C=O) groups is 1. The van der Waals surface area contributed by atoms with E-state index in [0.717, 1.165) is 34.5 Å². The van der Waals surface area contributed by atoms with Crippen LogP contribution < -0.4 is 4.90 Å². The van der Waals surface area contributed by atoms with E-state index < -0.39 is 11.7 Å². The van der Waals surface area contributed by atoms with Crippen LogP contribution in [-0.2, 0) is 17.5 Å². The topological polar surface area (TPSA) is 20.3 Å². The molecule has 0 N–H and O–H groups in total. The van der Waals surface area contributed by atoms with Gasteiger partial charge in [0.15, 0.2) is 0 Å². The van der Waals surface area contributed by atoms with Gasteiger partial charge in [-0.2, -0.15) is 13.2 Å². The minimum absolute atomic E-state index is 0.177. The van der Waals surface area contributed by atoms with E-state index in [1.165, 1.54) is 12.1 Å². The van der Waals surface area contributed by atoms with Crippen molar-refractivity contribution in [3.8, 4) is 0 Å². The number of halogens is 3. The molecule has 1 aliphatic rings. The normalized spacial score (nSPS) is 14.8. The molecule has 1 heterocycles. The molecule has 5 rings (SSSR count). The Balaban J connectivity index is 1.71. The molecule has 0 saturated heterocycles. The van der Waals surface area contributed by atoms with E-state index in [1.807, 2.05) is 84.9 Å². The smallest absolute Gasteiger partial charge is 0.303 e. The van der Waals surface area contributed by atoms with Crippen LogP contribution in [0.2, 0.25) is 0 Å². The van der Waals surface area contributed by atoms with E-state index in [0.29, 0.717) is 23.3 Å². The van der Waals surface area contributed by atoms with Crippen molar-refractivity contribution in [2.24, 2.45) is 0 Å². The first kappa shape index (κ1) is 21.7. The summed E-state index contributed by atoms with van der Waals surface area (Å²) in [6.07, 6.45) is -4.43. The van der Waals surface area contributed by atoms with E-state index in [1.54, 1.807) is 4.90 Å². The molecular formula is C29H20F3NO. The Hall–Kier alpha value is -4.12. The molecule has 0 fully saturated rings. The third-order valence-electron chi connectivity index (χ3n) is 5.92. The van der Waals surface area contributed by atoms with Crippen molar-refractivity contribution in [3.63, 3.8) is 0 Å². The van der Waals surface area contributed by atoms with Crippen molar-refractivity contribution < 1.29 is 18.0 Å². The second kappa shape index (κ2) is 8.67. The van der Waals surface area contributed by atoms with Crippen LogP contribution >= 0.6 is 0 Å². The van der Waals surface area contributed by atoms with Crippen molar-refractivity contribution in [1.29, 1.82) is 0 Å². The zero-order valence-corrected chi connectivity index (χ0v) is 18.1. The third kappa shape index (κ3) is 4.01. The minimum atomic E-state index is -4.43. The molecule has 2 nitrogen and oxygen atoms in total. The van der Waals surface area contributed by atoms with Gasteiger partial charge in [0.2, 0.25) is 0 Å². The third-order valence-corrected chi connectivity index (χ3v) is 5.92. The highest BCUT2D eigenvalue weighted by molar-refractivity contribution is 6.38. The van der Waals surface area contributed by atoms with Gasteiger partial charge in [-0.25, -0.2) is 0 Å². The van der Waals surface area contributed by atoms with Crippen molar-refractivity contribution in [2.45, 2.75) is 12.7 Å². The number of benzene rings is 4. The SMILES string of the molecule is O=C1/C(=C(/c2ccccc2)c2ccc(C(F)(F)F)cc2)c2ccccc2N1Cc1ccccc1. The Morgan fingerprint density at radius 1 is 0.676 bits per heavy atom. The molecule has 0 radical (unpaired) electrons. The maximum Gasteiger partial charge on any atom is 0.416 e. The van der Waals surface area contributed by atoms with Crippen LogP contribution in [0.5, 0.6) is 0 Å². The molecule has 0 bridgehead atoms. The van der Waals surface area contributed by atoms with Crippen molar-refractivity contribution in [3.05, 3.63) is 137 Å². The van der Waals surface area contributed by atoms with Crippen LogP contribution in [0.1, 0.15) is 27.8 Å². The van der Waals surface area contributed by atoms with E-state index in [4.69, 9.17) is 0 Å². The predicted molar refractivity (Wildman–Crippen MR) is 128 cm³/mol. The highest BCUT2D eigenvalue weighted by atomic mass is 19.4. The van der Waals surface area contributed by atoms with Gasteiger partial charge in [-0.05, 0) is 34.9 Å².